The molecule has 4 atom stereocenters. The summed E-state index contributed by atoms with van der Waals surface area (Å²) in [5.74, 6) is -4.56. The van der Waals surface area contributed by atoms with Crippen LogP contribution in [0.25, 0.3) is 0 Å². The summed E-state index contributed by atoms with van der Waals surface area (Å²) < 4.78 is 5.82. The largest absolute Gasteiger partial charge is 0.444 e. The van der Waals surface area contributed by atoms with Gasteiger partial charge in [-0.1, -0.05) is 141 Å². The number of imide groups is 1. The molecule has 0 bridgehead atoms. The fourth-order valence-corrected chi connectivity index (χ4v) is 6.70. The molecule has 0 aromatic heterocycles. The van der Waals surface area contributed by atoms with E-state index < -0.39 is 78.2 Å². The van der Waals surface area contributed by atoms with Gasteiger partial charge in [0.05, 0.1) is 18.5 Å². The van der Waals surface area contributed by atoms with Crippen molar-refractivity contribution >= 4 is 47.2 Å². The number of nitrogens with two attached hydrogens (primary N) is 3. The number of carbonyl (C=O) groups excluding carboxylic acids is 6. The van der Waals surface area contributed by atoms with Crippen LogP contribution < -0.4 is 33.2 Å². The van der Waals surface area contributed by atoms with E-state index in [1.54, 1.807) is 117 Å². The topological polar surface area (TPSA) is 229 Å². The van der Waals surface area contributed by atoms with Gasteiger partial charge in [0.1, 0.15) is 24.7 Å². The number of nitrogens with zero attached hydrogens (tertiary/aromatic N) is 1. The molecule has 15 heteroatoms. The maximum atomic E-state index is 15.2. The lowest BCUT2D eigenvalue weighted by atomic mass is 9.95. The van der Waals surface area contributed by atoms with Crippen molar-refractivity contribution < 1.29 is 33.5 Å². The first kappa shape index (κ1) is 46.6. The van der Waals surface area contributed by atoms with Crippen LogP contribution in [0.3, 0.4) is 0 Å². The van der Waals surface area contributed by atoms with E-state index in [2.05, 4.69) is 16.0 Å². The highest BCUT2D eigenvalue weighted by molar-refractivity contribution is 6.31. The summed E-state index contributed by atoms with van der Waals surface area (Å²) in [7, 11) is 0. The fraction of sp³-hybridized carbons (Fsp3) is 0.333. The lowest BCUT2D eigenvalue weighted by molar-refractivity contribution is -0.138. The van der Waals surface area contributed by atoms with E-state index in [9.17, 15) is 24.0 Å². The first-order valence-corrected chi connectivity index (χ1v) is 20.2. The summed E-state index contributed by atoms with van der Waals surface area (Å²) in [6.45, 7) is 3.51. The molecule has 0 unspecified atom stereocenters. The Labute approximate surface area is 355 Å². The Morgan fingerprint density at radius 2 is 1.25 bits per heavy atom. The molecule has 0 aliphatic rings. The standard InChI is InChI=1S/C45H54ClN7O7/c1-29(2)39(52-42(56)36(27-38(49)54)50-41(55)35(48)24-14-15-25-47)43(57)51-37(26-30-16-6-3-7-17-30)44(58)53(45(59)60-28-33-22-12-13-23-34(33)46)40(31-18-8-4-9-19-31)32-20-10-5-11-21-32/h3-13,16-23,29,35-37,39-40H,14-15,24-28,47-48H2,1-2H3,(H2,49,54)(H,50,55)(H,51,57)(H,52,56)/t35-,36-,37+,39-/m0/s1. The number of hydrogen-bond donors (Lipinski definition) is 6. The monoisotopic (exact) mass is 839 g/mol. The summed E-state index contributed by atoms with van der Waals surface area (Å²) in [6, 6.07) is 27.5. The normalized spacial score (nSPS) is 13.1. The molecule has 0 heterocycles. The minimum atomic E-state index is -1.45. The molecule has 6 amide bonds. The third-order valence-electron chi connectivity index (χ3n) is 9.72. The van der Waals surface area contributed by atoms with Crippen molar-refractivity contribution in [2.75, 3.05) is 6.54 Å². The van der Waals surface area contributed by atoms with Gasteiger partial charge < -0.3 is 37.9 Å². The minimum Gasteiger partial charge on any atom is -0.444 e. The van der Waals surface area contributed by atoms with E-state index in [4.69, 9.17) is 33.5 Å². The third-order valence-corrected chi connectivity index (χ3v) is 10.1. The van der Waals surface area contributed by atoms with Crippen LogP contribution in [0.15, 0.2) is 115 Å². The fourth-order valence-electron chi connectivity index (χ4n) is 6.51. The molecule has 318 valence electrons. The van der Waals surface area contributed by atoms with Crippen molar-refractivity contribution in [2.45, 2.75) is 82.8 Å². The average molecular weight is 840 g/mol. The molecule has 60 heavy (non-hydrogen) atoms. The zero-order chi connectivity index (χ0) is 43.6. The molecular weight excluding hydrogens is 786 g/mol. The molecule has 4 rings (SSSR count). The van der Waals surface area contributed by atoms with Crippen LogP contribution in [0.1, 0.15) is 67.8 Å². The molecule has 14 nitrogen and oxygen atoms in total. The van der Waals surface area contributed by atoms with Gasteiger partial charge in [-0.2, -0.15) is 0 Å². The highest BCUT2D eigenvalue weighted by atomic mass is 35.5. The molecule has 4 aromatic carbocycles. The number of hydrogen-bond acceptors (Lipinski definition) is 9. The lowest BCUT2D eigenvalue weighted by Gasteiger charge is -2.34. The van der Waals surface area contributed by atoms with Crippen LogP contribution >= 0.6 is 11.6 Å². The Balaban J connectivity index is 1.71. The van der Waals surface area contributed by atoms with Crippen molar-refractivity contribution in [3.63, 3.8) is 0 Å². The van der Waals surface area contributed by atoms with E-state index in [1.807, 2.05) is 12.1 Å². The van der Waals surface area contributed by atoms with Gasteiger partial charge in [-0.15, -0.1) is 0 Å². The zero-order valence-corrected chi connectivity index (χ0v) is 34.6. The van der Waals surface area contributed by atoms with Gasteiger partial charge in [-0.05, 0) is 48.1 Å². The number of benzene rings is 4. The smallest absolute Gasteiger partial charge is 0.417 e. The molecule has 0 saturated carbocycles. The van der Waals surface area contributed by atoms with Crippen molar-refractivity contribution in [3.05, 3.63) is 143 Å². The van der Waals surface area contributed by atoms with Crippen molar-refractivity contribution in [1.29, 1.82) is 0 Å². The van der Waals surface area contributed by atoms with Gasteiger partial charge in [-0.3, -0.25) is 24.0 Å². The predicted octanol–water partition coefficient (Wildman–Crippen LogP) is 4.28. The molecule has 0 radical (unpaired) electrons. The molecule has 0 fully saturated rings. The Morgan fingerprint density at radius 1 is 0.700 bits per heavy atom. The number of ether oxygens (including phenoxy) is 1. The number of amides is 6. The van der Waals surface area contributed by atoms with Crippen LogP contribution in [-0.2, 0) is 41.7 Å². The van der Waals surface area contributed by atoms with Crippen molar-refractivity contribution in [2.24, 2.45) is 23.1 Å². The van der Waals surface area contributed by atoms with Gasteiger partial charge in [0.2, 0.25) is 23.6 Å². The van der Waals surface area contributed by atoms with E-state index in [0.717, 1.165) is 4.90 Å². The first-order chi connectivity index (χ1) is 28.8. The van der Waals surface area contributed by atoms with E-state index in [-0.39, 0.29) is 13.0 Å². The Morgan fingerprint density at radius 3 is 1.80 bits per heavy atom. The van der Waals surface area contributed by atoms with Crippen LogP contribution in [0.5, 0.6) is 0 Å². The second kappa shape index (κ2) is 23.5. The van der Waals surface area contributed by atoms with Crippen LogP contribution in [0, 0.1) is 5.92 Å². The Bertz CT molecular complexity index is 2000. The van der Waals surface area contributed by atoms with E-state index in [1.165, 1.54) is 0 Å². The van der Waals surface area contributed by atoms with Gasteiger partial charge in [0, 0.05) is 17.0 Å². The Kier molecular flexibility index (Phi) is 18.2. The maximum Gasteiger partial charge on any atom is 0.417 e. The lowest BCUT2D eigenvalue weighted by Crippen LogP contribution is -2.60. The Hall–Kier alpha value is -6.09. The second-order valence-corrected chi connectivity index (χ2v) is 15.1. The third kappa shape index (κ3) is 13.8. The number of halogens is 1. The van der Waals surface area contributed by atoms with E-state index >= 15 is 4.79 Å². The van der Waals surface area contributed by atoms with Crippen molar-refractivity contribution in [1.82, 2.24) is 20.9 Å². The van der Waals surface area contributed by atoms with Gasteiger partial charge in [0.15, 0.2) is 0 Å². The minimum absolute atomic E-state index is 0.0584. The number of rotatable bonds is 21. The summed E-state index contributed by atoms with van der Waals surface area (Å²) in [4.78, 5) is 83.7. The van der Waals surface area contributed by atoms with Crippen LogP contribution in [-0.4, -0.2) is 71.2 Å². The molecular formula is C45H54ClN7O7. The number of nitrogens with one attached hydrogen (secondary N) is 3. The molecule has 0 spiro atoms. The number of primary amides is 1. The summed E-state index contributed by atoms with van der Waals surface area (Å²) in [5.41, 5.74) is 19.4. The molecule has 0 aliphatic carbocycles. The van der Waals surface area contributed by atoms with Crippen LogP contribution in [0.4, 0.5) is 4.79 Å². The highest BCUT2D eigenvalue weighted by Crippen LogP contribution is 2.31. The van der Waals surface area contributed by atoms with Crippen molar-refractivity contribution in [3.8, 4) is 0 Å². The summed E-state index contributed by atoms with van der Waals surface area (Å²) in [5, 5.41) is 8.30. The van der Waals surface area contributed by atoms with E-state index in [0.29, 0.717) is 53.1 Å². The number of unbranched alkanes of at least 4 members (excludes halogenated alkanes) is 1. The SMILES string of the molecule is CC(C)[C@H](NC(=O)[C@H](CC(N)=O)NC(=O)[C@@H](N)CCCCN)C(=O)N[C@H](Cc1ccccc1)C(=O)N(C(=O)OCc1ccccc1Cl)C(c1ccccc1)c1ccccc1. The molecule has 9 N–H and O–H groups in total. The molecule has 0 aliphatic heterocycles. The zero-order valence-electron chi connectivity index (χ0n) is 33.8. The van der Waals surface area contributed by atoms with Gasteiger partial charge >= 0.3 is 6.09 Å². The average Bonchev–Trinajstić information content (AvgIpc) is 3.24. The summed E-state index contributed by atoms with van der Waals surface area (Å²) in [6.07, 6.45) is -0.111. The second-order valence-electron chi connectivity index (χ2n) is 14.7. The highest BCUT2D eigenvalue weighted by Gasteiger charge is 2.40. The van der Waals surface area contributed by atoms with Gasteiger partial charge in [-0.25, -0.2) is 9.69 Å². The molecule has 0 saturated heterocycles. The maximum absolute atomic E-state index is 15.2. The predicted molar refractivity (Wildman–Crippen MR) is 229 cm³/mol. The van der Waals surface area contributed by atoms with Gasteiger partial charge in [0.25, 0.3) is 5.91 Å². The number of carbonyl (C=O) groups is 6. The quantitative estimate of drug-likeness (QED) is 0.0657. The first-order valence-electron chi connectivity index (χ1n) is 19.8. The van der Waals surface area contributed by atoms with Crippen LogP contribution in [0.2, 0.25) is 5.02 Å². The summed E-state index contributed by atoms with van der Waals surface area (Å²) >= 11 is 6.40. The molecule has 4 aromatic rings.